The lowest BCUT2D eigenvalue weighted by molar-refractivity contribution is -0.927. The van der Waals surface area contributed by atoms with Gasteiger partial charge < -0.3 is 38.5 Å². The van der Waals surface area contributed by atoms with Crippen molar-refractivity contribution in [2.45, 2.75) is 89.5 Å². The lowest BCUT2D eigenvalue weighted by Gasteiger charge is -2.55. The van der Waals surface area contributed by atoms with Crippen LogP contribution in [0.15, 0.2) is 0 Å². The Morgan fingerprint density at radius 3 is 1.41 bits per heavy atom. The molecule has 0 aromatic rings. The fourth-order valence-electron chi connectivity index (χ4n) is 10.1. The number of rotatable bonds is 10. The summed E-state index contributed by atoms with van der Waals surface area (Å²) in [4.78, 5) is 70.2. The molecule has 0 aliphatic carbocycles. The van der Waals surface area contributed by atoms with Crippen molar-refractivity contribution >= 4 is 29.5 Å². The molecule has 6 atom stereocenters. The molecule has 0 aromatic carbocycles. The van der Waals surface area contributed by atoms with E-state index in [0.29, 0.717) is 52.2 Å². The van der Waals surface area contributed by atoms with E-state index in [-0.39, 0.29) is 78.0 Å². The first-order valence-electron chi connectivity index (χ1n) is 17.3. The highest BCUT2D eigenvalue weighted by Crippen LogP contribution is 2.43. The average Bonchev–Trinajstić information content (AvgIpc) is 3.79. The lowest BCUT2D eigenvalue weighted by Crippen LogP contribution is -2.72. The van der Waals surface area contributed by atoms with Crippen LogP contribution in [0, 0.1) is 10.8 Å². The molecule has 6 aliphatic rings. The summed E-state index contributed by atoms with van der Waals surface area (Å²) < 4.78 is 12.1. The van der Waals surface area contributed by atoms with Gasteiger partial charge in [-0.3, -0.25) is 14.4 Å². The number of quaternary nitrogens is 2. The quantitative estimate of drug-likeness (QED) is 0.327. The zero-order valence-electron chi connectivity index (χ0n) is 27.5. The highest BCUT2D eigenvalue weighted by Gasteiger charge is 2.59. The molecular formula is C33H52N4O9+2. The maximum Gasteiger partial charge on any atom is 0.362 e. The van der Waals surface area contributed by atoms with Crippen LogP contribution in [0.2, 0.25) is 0 Å². The summed E-state index contributed by atoms with van der Waals surface area (Å²) in [5, 5.41) is 20.2. The van der Waals surface area contributed by atoms with Crippen LogP contribution in [-0.2, 0) is 33.4 Å². The third-order valence-electron chi connectivity index (χ3n) is 12.1. The third-order valence-corrected chi connectivity index (χ3v) is 12.1. The highest BCUT2D eigenvalue weighted by molar-refractivity contribution is 5.95. The van der Waals surface area contributed by atoms with Gasteiger partial charge in [-0.1, -0.05) is 0 Å². The largest absolute Gasteiger partial charge is 0.477 e. The van der Waals surface area contributed by atoms with E-state index in [1.807, 2.05) is 13.8 Å². The van der Waals surface area contributed by atoms with Gasteiger partial charge in [0.1, 0.15) is 25.3 Å². The normalized spacial score (nSPS) is 40.9. The maximum absolute atomic E-state index is 14.1. The van der Waals surface area contributed by atoms with Crippen molar-refractivity contribution in [1.29, 1.82) is 0 Å². The molecule has 13 nitrogen and oxygen atoms in total. The van der Waals surface area contributed by atoms with E-state index in [0.717, 1.165) is 38.5 Å². The Labute approximate surface area is 270 Å². The molecule has 4 unspecified atom stereocenters. The van der Waals surface area contributed by atoms with Gasteiger partial charge in [0.15, 0.2) is 31.0 Å². The highest BCUT2D eigenvalue weighted by atomic mass is 16.5. The Bertz CT molecular complexity index is 1140. The predicted octanol–water partition coefficient (Wildman–Crippen LogP) is 0.738. The maximum atomic E-state index is 14.1. The number of nitrogens with zero attached hydrogens (tertiary/aromatic N) is 4. The second kappa shape index (κ2) is 12.4. The molecule has 0 saturated carbocycles. The summed E-state index contributed by atoms with van der Waals surface area (Å²) in [5.41, 5.74) is -1.96. The number of ether oxygens (including phenoxy) is 2. The number of likely N-dealkylation sites (tertiary alicyclic amines) is 4. The number of aliphatic carboxylic acids is 2. The molecule has 6 aliphatic heterocycles. The van der Waals surface area contributed by atoms with Crippen molar-refractivity contribution in [1.82, 2.24) is 9.80 Å². The minimum atomic E-state index is -0.982. The van der Waals surface area contributed by atoms with Crippen LogP contribution < -0.4 is 0 Å². The van der Waals surface area contributed by atoms with Crippen molar-refractivity contribution in [2.24, 2.45) is 10.8 Å². The molecule has 6 rings (SSSR count). The fourth-order valence-corrected chi connectivity index (χ4v) is 10.1. The van der Waals surface area contributed by atoms with Gasteiger partial charge in [-0.25, -0.2) is 9.59 Å². The van der Waals surface area contributed by atoms with E-state index < -0.39 is 34.9 Å². The van der Waals surface area contributed by atoms with Crippen LogP contribution in [0.4, 0.5) is 0 Å². The van der Waals surface area contributed by atoms with Crippen LogP contribution >= 0.6 is 0 Å². The SMILES string of the molecule is CC12CN(C(=O)C[N+]3(CC4CCCO4)CCC[C@H]3C(=O)O)CC(C)(CN(C(=O)C[N+]3(CC4CCCO4)CCC[C@H]3C(=O)O)C1)C2=O. The molecule has 2 N–H and O–H groups in total. The number of hydrogen-bond donors (Lipinski definition) is 2. The summed E-state index contributed by atoms with van der Waals surface area (Å²) in [6.45, 7) is 7.92. The second-order valence-corrected chi connectivity index (χ2v) is 15.8. The Morgan fingerprint density at radius 1 is 0.696 bits per heavy atom. The number of carbonyl (C=O) groups is 5. The molecule has 2 bridgehead atoms. The molecule has 2 amide bonds. The minimum absolute atomic E-state index is 0.0359. The van der Waals surface area contributed by atoms with Crippen LogP contribution in [0.3, 0.4) is 0 Å². The van der Waals surface area contributed by atoms with Crippen molar-refractivity contribution < 1.29 is 52.6 Å². The van der Waals surface area contributed by atoms with Gasteiger partial charge in [0, 0.05) is 65.1 Å². The zero-order chi connectivity index (χ0) is 32.9. The predicted molar refractivity (Wildman–Crippen MR) is 163 cm³/mol. The van der Waals surface area contributed by atoms with Gasteiger partial charge in [0.05, 0.1) is 23.9 Å². The first-order valence-corrected chi connectivity index (χ1v) is 17.3. The third kappa shape index (κ3) is 6.08. The van der Waals surface area contributed by atoms with Gasteiger partial charge in [-0.2, -0.15) is 0 Å². The first-order chi connectivity index (χ1) is 21.8. The Balaban J connectivity index is 1.18. The van der Waals surface area contributed by atoms with Crippen LogP contribution in [0.5, 0.6) is 0 Å². The number of amides is 2. The monoisotopic (exact) mass is 648 g/mol. The lowest BCUT2D eigenvalue weighted by atomic mass is 9.64. The van der Waals surface area contributed by atoms with E-state index in [1.165, 1.54) is 0 Å². The number of carbonyl (C=O) groups excluding carboxylic acids is 3. The van der Waals surface area contributed by atoms with Crippen LogP contribution in [-0.4, -0.2) is 161 Å². The molecule has 6 fully saturated rings. The summed E-state index contributed by atoms with van der Waals surface area (Å²) in [7, 11) is 0. The number of piperidine rings is 2. The van der Waals surface area contributed by atoms with Crippen LogP contribution in [0.1, 0.15) is 65.2 Å². The number of hydrogen-bond acceptors (Lipinski definition) is 7. The summed E-state index contributed by atoms with van der Waals surface area (Å²) in [5.74, 6) is -2.04. The number of Topliss-reactive ketones (excluding diaryl/α,β-unsaturated/α-hetero) is 1. The van der Waals surface area contributed by atoms with Gasteiger partial charge in [-0.15, -0.1) is 0 Å². The topological polar surface area (TPSA) is 151 Å². The van der Waals surface area contributed by atoms with Crippen LogP contribution in [0.25, 0.3) is 0 Å². The van der Waals surface area contributed by atoms with Crippen molar-refractivity contribution in [3.63, 3.8) is 0 Å². The van der Waals surface area contributed by atoms with Gasteiger partial charge >= 0.3 is 11.9 Å². The van der Waals surface area contributed by atoms with Gasteiger partial charge in [0.2, 0.25) is 0 Å². The number of ketones is 1. The Kier molecular flexibility index (Phi) is 9.01. The Morgan fingerprint density at radius 2 is 1.09 bits per heavy atom. The molecule has 256 valence electrons. The van der Waals surface area contributed by atoms with Crippen molar-refractivity contribution in [3.05, 3.63) is 0 Å². The zero-order valence-corrected chi connectivity index (χ0v) is 27.5. The van der Waals surface area contributed by atoms with Gasteiger partial charge in [-0.05, 0) is 39.5 Å². The summed E-state index contributed by atoms with van der Waals surface area (Å²) >= 11 is 0. The average molecular weight is 649 g/mol. The van der Waals surface area contributed by atoms with E-state index in [9.17, 15) is 34.2 Å². The standard InChI is InChI=1S/C33H50N4O9/c1-32-19-34(27(38)17-36(15-23-7-5-13-45-23)11-3-9-25(36)29(40)41)21-33(2,31(32)44)22-35(20-32)28(39)18-37(16-24-8-6-14-46-24)12-4-10-26(37)30(42)43/h23-26H,3-22H2,1-2H3/p+2/t23?,24?,25-,26-,32?,33?,36?,37?/m0/s1. The molecule has 0 spiro atoms. The Hall–Kier alpha value is -2.61. The molecular weight excluding hydrogens is 596 g/mol. The molecule has 0 radical (unpaired) electrons. The minimum Gasteiger partial charge on any atom is -0.477 e. The number of carboxylic acids is 2. The molecule has 0 aromatic heterocycles. The number of fused-ring (bicyclic) bond motifs is 2. The molecule has 6 saturated heterocycles. The number of carboxylic acid groups (broad SMARTS) is 2. The van der Waals surface area contributed by atoms with Crippen molar-refractivity contribution in [2.75, 3.05) is 78.7 Å². The van der Waals surface area contributed by atoms with Gasteiger partial charge in [0.25, 0.3) is 11.8 Å². The van der Waals surface area contributed by atoms with E-state index in [4.69, 9.17) is 9.47 Å². The summed E-state index contributed by atoms with van der Waals surface area (Å²) in [6.07, 6.45) is 5.98. The van der Waals surface area contributed by atoms with E-state index >= 15 is 0 Å². The van der Waals surface area contributed by atoms with Crippen molar-refractivity contribution in [3.8, 4) is 0 Å². The van der Waals surface area contributed by atoms with E-state index in [2.05, 4.69) is 0 Å². The smallest absolute Gasteiger partial charge is 0.362 e. The first kappa shape index (κ1) is 33.3. The molecule has 13 heteroatoms. The van der Waals surface area contributed by atoms with E-state index in [1.54, 1.807) is 9.80 Å². The fraction of sp³-hybridized carbons (Fsp3) is 0.848. The summed E-state index contributed by atoms with van der Waals surface area (Å²) in [6, 6.07) is -1.33. The second-order valence-electron chi connectivity index (χ2n) is 15.8. The molecule has 46 heavy (non-hydrogen) atoms. The molecule has 6 heterocycles.